The minimum atomic E-state index is -0.451. The first-order chi connectivity index (χ1) is 9.49. The lowest BCUT2D eigenvalue weighted by Gasteiger charge is -2.45. The van der Waals surface area contributed by atoms with Gasteiger partial charge < -0.3 is 9.84 Å². The van der Waals surface area contributed by atoms with Crippen molar-refractivity contribution in [2.45, 2.75) is 57.7 Å². The summed E-state index contributed by atoms with van der Waals surface area (Å²) in [5.41, 5.74) is 0.681. The Morgan fingerprint density at radius 3 is 2.65 bits per heavy atom. The maximum atomic E-state index is 10.4. The molecule has 3 heteroatoms. The summed E-state index contributed by atoms with van der Waals surface area (Å²) in [6.45, 7) is 4.60. The molecule has 1 fully saturated rings. The fourth-order valence-electron chi connectivity index (χ4n) is 3.75. The van der Waals surface area contributed by atoms with E-state index in [0.717, 1.165) is 36.0 Å². The Labute approximate surface area is 126 Å². The van der Waals surface area contributed by atoms with E-state index in [0.29, 0.717) is 11.4 Å². The number of aliphatic hydroxyl groups is 1. The van der Waals surface area contributed by atoms with Crippen molar-refractivity contribution in [1.82, 2.24) is 0 Å². The Bertz CT molecular complexity index is 490. The van der Waals surface area contributed by atoms with E-state index in [4.69, 9.17) is 16.3 Å². The van der Waals surface area contributed by atoms with Gasteiger partial charge in [-0.1, -0.05) is 25.4 Å². The van der Waals surface area contributed by atoms with Crippen molar-refractivity contribution in [1.29, 1.82) is 0 Å². The van der Waals surface area contributed by atoms with Crippen LogP contribution < -0.4 is 4.74 Å². The molecule has 1 aromatic rings. The summed E-state index contributed by atoms with van der Waals surface area (Å²) in [6.07, 6.45) is 4.75. The standard InChI is InChI=1S/C17H23ClO2/c1-11(2)12-5-7-17(8-6-12)10-15(19)14-9-13(18)3-4-16(14)20-17/h3-4,9,11-12,15,19H,5-8,10H2,1-2H3/t12?,15-,17?/m0/s1. The largest absolute Gasteiger partial charge is 0.487 e. The molecule has 1 saturated carbocycles. The van der Waals surface area contributed by atoms with Crippen LogP contribution in [-0.2, 0) is 0 Å². The predicted molar refractivity (Wildman–Crippen MR) is 81.2 cm³/mol. The minimum absolute atomic E-state index is 0.161. The summed E-state index contributed by atoms with van der Waals surface area (Å²) < 4.78 is 6.30. The molecule has 1 aliphatic heterocycles. The van der Waals surface area contributed by atoms with Crippen LogP contribution in [0.2, 0.25) is 5.02 Å². The molecule has 1 heterocycles. The van der Waals surface area contributed by atoms with Crippen molar-refractivity contribution >= 4 is 11.6 Å². The molecule has 2 aliphatic rings. The second kappa shape index (κ2) is 5.23. The predicted octanol–water partition coefficient (Wildman–Crippen LogP) is 4.74. The lowest BCUT2D eigenvalue weighted by molar-refractivity contribution is -0.0503. The zero-order valence-electron chi connectivity index (χ0n) is 12.2. The molecule has 1 N–H and O–H groups in total. The zero-order chi connectivity index (χ0) is 14.3. The van der Waals surface area contributed by atoms with E-state index < -0.39 is 6.10 Å². The van der Waals surface area contributed by atoms with Gasteiger partial charge in [-0.15, -0.1) is 0 Å². The van der Waals surface area contributed by atoms with Gasteiger partial charge in [0.05, 0.1) is 6.10 Å². The Morgan fingerprint density at radius 1 is 1.30 bits per heavy atom. The Balaban J connectivity index is 1.80. The van der Waals surface area contributed by atoms with Crippen molar-refractivity contribution in [3.05, 3.63) is 28.8 Å². The van der Waals surface area contributed by atoms with Gasteiger partial charge in [-0.05, 0) is 55.7 Å². The number of halogens is 1. The van der Waals surface area contributed by atoms with Gasteiger partial charge in [0.25, 0.3) is 0 Å². The molecule has 1 aliphatic carbocycles. The number of hydrogen-bond donors (Lipinski definition) is 1. The van der Waals surface area contributed by atoms with Crippen LogP contribution in [0.15, 0.2) is 18.2 Å². The van der Waals surface area contributed by atoms with Gasteiger partial charge in [0.1, 0.15) is 11.4 Å². The number of ether oxygens (including phenoxy) is 1. The molecule has 0 saturated heterocycles. The van der Waals surface area contributed by atoms with Gasteiger partial charge in [0.2, 0.25) is 0 Å². The van der Waals surface area contributed by atoms with Crippen LogP contribution in [0.5, 0.6) is 5.75 Å². The molecule has 1 aromatic carbocycles. The second-order valence-corrected chi connectivity index (χ2v) is 7.21. The quantitative estimate of drug-likeness (QED) is 0.810. The summed E-state index contributed by atoms with van der Waals surface area (Å²) >= 11 is 6.01. The summed E-state index contributed by atoms with van der Waals surface area (Å²) in [4.78, 5) is 0. The number of benzene rings is 1. The molecular weight excluding hydrogens is 272 g/mol. The van der Waals surface area contributed by atoms with Crippen LogP contribution in [0.1, 0.15) is 57.6 Å². The van der Waals surface area contributed by atoms with E-state index in [2.05, 4.69) is 13.8 Å². The Morgan fingerprint density at radius 2 is 2.00 bits per heavy atom. The van der Waals surface area contributed by atoms with E-state index in [1.54, 1.807) is 0 Å². The summed E-state index contributed by atoms with van der Waals surface area (Å²) in [5.74, 6) is 2.36. The fourth-order valence-corrected chi connectivity index (χ4v) is 3.93. The van der Waals surface area contributed by atoms with Crippen molar-refractivity contribution in [2.75, 3.05) is 0 Å². The highest BCUT2D eigenvalue weighted by atomic mass is 35.5. The lowest BCUT2D eigenvalue weighted by Crippen LogP contribution is -2.44. The fraction of sp³-hybridized carbons (Fsp3) is 0.647. The maximum Gasteiger partial charge on any atom is 0.126 e. The molecule has 0 radical (unpaired) electrons. The summed E-state index contributed by atoms with van der Waals surface area (Å²) in [6, 6.07) is 5.57. The Kier molecular flexibility index (Phi) is 3.72. The van der Waals surface area contributed by atoms with Crippen LogP contribution in [0.25, 0.3) is 0 Å². The normalized spacial score (nSPS) is 33.0. The molecule has 110 valence electrons. The molecule has 0 aromatic heterocycles. The SMILES string of the molecule is CC(C)C1CCC2(CC1)C[C@H](O)c1cc(Cl)ccc1O2. The molecule has 3 rings (SSSR count). The highest BCUT2D eigenvalue weighted by Crippen LogP contribution is 2.48. The van der Waals surface area contributed by atoms with Crippen LogP contribution in [0.3, 0.4) is 0 Å². The molecule has 0 amide bonds. The molecule has 1 atom stereocenters. The van der Waals surface area contributed by atoms with E-state index in [9.17, 15) is 5.11 Å². The van der Waals surface area contributed by atoms with Gasteiger partial charge in [-0.3, -0.25) is 0 Å². The average Bonchev–Trinajstić information content (AvgIpc) is 2.40. The monoisotopic (exact) mass is 294 g/mol. The van der Waals surface area contributed by atoms with Gasteiger partial charge in [-0.2, -0.15) is 0 Å². The molecule has 0 unspecified atom stereocenters. The molecular formula is C17H23ClO2. The van der Waals surface area contributed by atoms with Gasteiger partial charge in [0, 0.05) is 17.0 Å². The number of hydrogen-bond acceptors (Lipinski definition) is 2. The van der Waals surface area contributed by atoms with Crippen LogP contribution in [0, 0.1) is 11.8 Å². The third-order valence-corrected chi connectivity index (χ3v) is 5.34. The first kappa shape index (κ1) is 14.2. The van der Waals surface area contributed by atoms with Crippen molar-refractivity contribution in [2.24, 2.45) is 11.8 Å². The van der Waals surface area contributed by atoms with Crippen LogP contribution in [0.4, 0.5) is 0 Å². The summed E-state index contributed by atoms with van der Waals surface area (Å²) in [7, 11) is 0. The molecule has 1 spiro atoms. The molecule has 2 nitrogen and oxygen atoms in total. The first-order valence-electron chi connectivity index (χ1n) is 7.66. The minimum Gasteiger partial charge on any atom is -0.487 e. The van der Waals surface area contributed by atoms with Gasteiger partial charge in [0.15, 0.2) is 0 Å². The topological polar surface area (TPSA) is 29.5 Å². The van der Waals surface area contributed by atoms with Crippen molar-refractivity contribution in [3.63, 3.8) is 0 Å². The van der Waals surface area contributed by atoms with Gasteiger partial charge in [-0.25, -0.2) is 0 Å². The number of aliphatic hydroxyl groups excluding tert-OH is 1. The zero-order valence-corrected chi connectivity index (χ0v) is 13.0. The first-order valence-corrected chi connectivity index (χ1v) is 8.03. The van der Waals surface area contributed by atoms with Crippen molar-refractivity contribution < 1.29 is 9.84 Å². The van der Waals surface area contributed by atoms with Crippen molar-refractivity contribution in [3.8, 4) is 5.75 Å². The van der Waals surface area contributed by atoms with E-state index in [1.807, 2.05) is 18.2 Å². The van der Waals surface area contributed by atoms with E-state index in [-0.39, 0.29) is 5.60 Å². The average molecular weight is 295 g/mol. The third kappa shape index (κ3) is 2.56. The molecule has 0 bridgehead atoms. The second-order valence-electron chi connectivity index (χ2n) is 6.77. The molecule has 20 heavy (non-hydrogen) atoms. The smallest absolute Gasteiger partial charge is 0.126 e. The third-order valence-electron chi connectivity index (χ3n) is 5.11. The number of fused-ring (bicyclic) bond motifs is 1. The highest BCUT2D eigenvalue weighted by molar-refractivity contribution is 6.30. The number of rotatable bonds is 1. The van der Waals surface area contributed by atoms with Gasteiger partial charge >= 0.3 is 0 Å². The Hall–Kier alpha value is -0.730. The summed E-state index contributed by atoms with van der Waals surface area (Å²) in [5, 5.41) is 11.1. The van der Waals surface area contributed by atoms with Crippen LogP contribution in [-0.4, -0.2) is 10.7 Å². The highest BCUT2D eigenvalue weighted by Gasteiger charge is 2.43. The lowest BCUT2D eigenvalue weighted by atomic mass is 9.71. The van der Waals surface area contributed by atoms with E-state index in [1.165, 1.54) is 12.8 Å². The maximum absolute atomic E-state index is 10.4. The van der Waals surface area contributed by atoms with Crippen LogP contribution >= 0.6 is 11.6 Å². The van der Waals surface area contributed by atoms with E-state index >= 15 is 0 Å².